The van der Waals surface area contributed by atoms with Crippen molar-refractivity contribution in [3.63, 3.8) is 0 Å². The molecule has 2 N–H and O–H groups in total. The van der Waals surface area contributed by atoms with Gasteiger partial charge in [-0.05, 0) is 47.4 Å². The molecule has 5 heteroatoms. The Morgan fingerprint density at radius 1 is 1.04 bits per heavy atom. The molecule has 0 unspecified atom stereocenters. The van der Waals surface area contributed by atoms with Crippen LogP contribution in [0.4, 0.5) is 5.69 Å². The minimum atomic E-state index is -0.303. The molecular weight excluding hydrogens is 356 g/mol. The summed E-state index contributed by atoms with van der Waals surface area (Å²) in [6.45, 7) is 6.25. The Labute approximate surface area is 163 Å². The van der Waals surface area contributed by atoms with Gasteiger partial charge in [-0.1, -0.05) is 56.8 Å². The second kappa shape index (κ2) is 7.84. The molecule has 0 radical (unpaired) electrons. The summed E-state index contributed by atoms with van der Waals surface area (Å²) < 4.78 is 0. The van der Waals surface area contributed by atoms with Crippen molar-refractivity contribution < 1.29 is 9.90 Å². The molecule has 1 heterocycles. The van der Waals surface area contributed by atoms with Crippen LogP contribution in [-0.4, -0.2) is 16.0 Å². The van der Waals surface area contributed by atoms with Crippen LogP contribution in [0.5, 0.6) is 5.75 Å². The number of phenolic OH excluding ortho intramolecular Hbond substituents is 1. The lowest BCUT2D eigenvalue weighted by Gasteiger charge is -2.20. The van der Waals surface area contributed by atoms with Crippen molar-refractivity contribution in [2.45, 2.75) is 36.1 Å². The number of benzene rings is 2. The van der Waals surface area contributed by atoms with Crippen LogP contribution in [0.25, 0.3) is 0 Å². The molecule has 0 bridgehead atoms. The highest BCUT2D eigenvalue weighted by Gasteiger charge is 2.18. The molecule has 2 aromatic carbocycles. The number of pyridine rings is 1. The van der Waals surface area contributed by atoms with Crippen molar-refractivity contribution in [3.05, 3.63) is 78.0 Å². The second-order valence-electron chi connectivity index (χ2n) is 7.21. The van der Waals surface area contributed by atoms with E-state index in [9.17, 15) is 9.90 Å². The summed E-state index contributed by atoms with van der Waals surface area (Å²) in [6.07, 6.45) is 1.67. The standard InChI is InChI=1S/C22H22N2O2S/c1-22(2,3)15-11-12-19(25)18(14-15)24-20(26)17-10-7-13-23-21(17)27-16-8-5-4-6-9-16/h4-14,25H,1-3H3,(H,24,26). The summed E-state index contributed by atoms with van der Waals surface area (Å²) in [7, 11) is 0. The van der Waals surface area contributed by atoms with Gasteiger partial charge in [0.15, 0.2) is 0 Å². The number of aromatic hydroxyl groups is 1. The minimum Gasteiger partial charge on any atom is -0.506 e. The molecule has 4 nitrogen and oxygen atoms in total. The molecule has 0 saturated carbocycles. The maximum absolute atomic E-state index is 12.9. The van der Waals surface area contributed by atoms with E-state index in [0.717, 1.165) is 10.5 Å². The van der Waals surface area contributed by atoms with Crippen molar-refractivity contribution in [3.8, 4) is 5.75 Å². The lowest BCUT2D eigenvalue weighted by Crippen LogP contribution is -2.16. The zero-order chi connectivity index (χ0) is 19.4. The van der Waals surface area contributed by atoms with E-state index in [1.165, 1.54) is 11.8 Å². The number of nitrogens with zero attached hydrogens (tertiary/aromatic N) is 1. The Morgan fingerprint density at radius 3 is 2.48 bits per heavy atom. The number of hydrogen-bond donors (Lipinski definition) is 2. The van der Waals surface area contributed by atoms with Gasteiger partial charge < -0.3 is 10.4 Å². The molecule has 0 aliphatic rings. The first-order valence-electron chi connectivity index (χ1n) is 8.67. The average Bonchev–Trinajstić information content (AvgIpc) is 2.64. The van der Waals surface area contributed by atoms with Gasteiger partial charge in [-0.15, -0.1) is 0 Å². The number of anilines is 1. The normalized spacial score (nSPS) is 11.2. The fraction of sp³-hybridized carbons (Fsp3) is 0.182. The quantitative estimate of drug-likeness (QED) is 0.590. The Bertz CT molecular complexity index is 950. The number of hydrogen-bond acceptors (Lipinski definition) is 4. The molecule has 1 amide bonds. The van der Waals surface area contributed by atoms with Gasteiger partial charge in [0.05, 0.1) is 11.3 Å². The van der Waals surface area contributed by atoms with Crippen LogP contribution in [0.3, 0.4) is 0 Å². The predicted octanol–water partition coefficient (Wildman–Crippen LogP) is 5.49. The molecule has 3 aromatic rings. The number of carbonyl (C=O) groups excluding carboxylic acids is 1. The summed E-state index contributed by atoms with van der Waals surface area (Å²) in [5.41, 5.74) is 1.80. The summed E-state index contributed by atoms with van der Waals surface area (Å²) in [4.78, 5) is 18.2. The first-order chi connectivity index (χ1) is 12.8. The van der Waals surface area contributed by atoms with Crippen LogP contribution in [-0.2, 0) is 5.41 Å². The Balaban J connectivity index is 1.87. The van der Waals surface area contributed by atoms with Crippen LogP contribution in [0.2, 0.25) is 0 Å². The molecule has 1 aromatic heterocycles. The molecule has 0 aliphatic carbocycles. The largest absolute Gasteiger partial charge is 0.506 e. The maximum atomic E-state index is 12.9. The molecule has 0 saturated heterocycles. The van der Waals surface area contributed by atoms with Crippen LogP contribution >= 0.6 is 11.8 Å². The topological polar surface area (TPSA) is 62.2 Å². The van der Waals surface area contributed by atoms with Crippen LogP contribution < -0.4 is 5.32 Å². The summed E-state index contributed by atoms with van der Waals surface area (Å²) in [5, 5.41) is 13.6. The zero-order valence-corrected chi connectivity index (χ0v) is 16.4. The number of carbonyl (C=O) groups is 1. The molecular formula is C22H22N2O2S. The third kappa shape index (κ3) is 4.68. The van der Waals surface area contributed by atoms with E-state index < -0.39 is 0 Å². The van der Waals surface area contributed by atoms with Gasteiger partial charge in [0, 0.05) is 11.1 Å². The van der Waals surface area contributed by atoms with E-state index in [0.29, 0.717) is 16.3 Å². The van der Waals surface area contributed by atoms with Gasteiger partial charge in [0.2, 0.25) is 0 Å². The van der Waals surface area contributed by atoms with Crippen molar-refractivity contribution in [2.75, 3.05) is 5.32 Å². The number of aromatic nitrogens is 1. The molecule has 0 fully saturated rings. The number of nitrogens with one attached hydrogen (secondary N) is 1. The molecule has 0 aliphatic heterocycles. The number of phenols is 1. The highest BCUT2D eigenvalue weighted by atomic mass is 32.2. The lowest BCUT2D eigenvalue weighted by molar-refractivity contribution is 0.102. The van der Waals surface area contributed by atoms with Crippen LogP contribution in [0, 0.1) is 0 Å². The fourth-order valence-electron chi connectivity index (χ4n) is 2.54. The molecule has 138 valence electrons. The van der Waals surface area contributed by atoms with Gasteiger partial charge in [0.25, 0.3) is 5.91 Å². The zero-order valence-electron chi connectivity index (χ0n) is 15.6. The summed E-state index contributed by atoms with van der Waals surface area (Å²) >= 11 is 1.43. The maximum Gasteiger partial charge on any atom is 0.258 e. The highest BCUT2D eigenvalue weighted by Crippen LogP contribution is 2.32. The fourth-order valence-corrected chi connectivity index (χ4v) is 3.44. The summed E-state index contributed by atoms with van der Waals surface area (Å²) in [6, 6.07) is 18.5. The lowest BCUT2D eigenvalue weighted by atomic mass is 9.87. The van der Waals surface area contributed by atoms with E-state index in [2.05, 4.69) is 31.1 Å². The Hall–Kier alpha value is -2.79. The van der Waals surface area contributed by atoms with Gasteiger partial charge in [-0.25, -0.2) is 4.98 Å². The van der Waals surface area contributed by atoms with E-state index in [-0.39, 0.29) is 17.1 Å². The molecule has 0 spiro atoms. The summed E-state index contributed by atoms with van der Waals surface area (Å²) in [5.74, 6) is -0.264. The van der Waals surface area contributed by atoms with Gasteiger partial charge in [0.1, 0.15) is 10.8 Å². The number of amides is 1. The number of rotatable bonds is 4. The van der Waals surface area contributed by atoms with Crippen molar-refractivity contribution in [1.82, 2.24) is 4.98 Å². The van der Waals surface area contributed by atoms with E-state index in [4.69, 9.17) is 0 Å². The Kier molecular flexibility index (Phi) is 5.51. The first kappa shape index (κ1) is 19.0. The van der Waals surface area contributed by atoms with Crippen molar-refractivity contribution >= 4 is 23.4 Å². The van der Waals surface area contributed by atoms with E-state index >= 15 is 0 Å². The van der Waals surface area contributed by atoms with Gasteiger partial charge >= 0.3 is 0 Å². The van der Waals surface area contributed by atoms with E-state index in [1.807, 2.05) is 42.5 Å². The van der Waals surface area contributed by atoms with Crippen LogP contribution in [0.15, 0.2) is 76.8 Å². The second-order valence-corrected chi connectivity index (χ2v) is 8.27. The predicted molar refractivity (Wildman–Crippen MR) is 110 cm³/mol. The molecule has 3 rings (SSSR count). The minimum absolute atomic E-state index is 0.0394. The van der Waals surface area contributed by atoms with Crippen molar-refractivity contribution in [2.24, 2.45) is 0 Å². The highest BCUT2D eigenvalue weighted by molar-refractivity contribution is 7.99. The van der Waals surface area contributed by atoms with Gasteiger partial charge in [-0.2, -0.15) is 0 Å². The average molecular weight is 378 g/mol. The Morgan fingerprint density at radius 2 is 1.78 bits per heavy atom. The smallest absolute Gasteiger partial charge is 0.258 e. The molecule has 0 atom stereocenters. The monoisotopic (exact) mass is 378 g/mol. The first-order valence-corrected chi connectivity index (χ1v) is 9.49. The van der Waals surface area contributed by atoms with Gasteiger partial charge in [-0.3, -0.25) is 4.79 Å². The van der Waals surface area contributed by atoms with Crippen molar-refractivity contribution in [1.29, 1.82) is 0 Å². The third-order valence-corrected chi connectivity index (χ3v) is 5.11. The SMILES string of the molecule is CC(C)(C)c1ccc(O)c(NC(=O)c2cccnc2Sc2ccccc2)c1. The van der Waals surface area contributed by atoms with Crippen LogP contribution in [0.1, 0.15) is 36.7 Å². The third-order valence-electron chi connectivity index (χ3n) is 4.08. The van der Waals surface area contributed by atoms with E-state index in [1.54, 1.807) is 24.4 Å². The molecule has 27 heavy (non-hydrogen) atoms.